The van der Waals surface area contributed by atoms with E-state index in [-0.39, 0.29) is 5.41 Å². The molecule has 0 aliphatic rings. The molecule has 0 fully saturated rings. The molecular formula is C14H25N. The average Bonchev–Trinajstić information content (AvgIpc) is 2.60. The summed E-state index contributed by atoms with van der Waals surface area (Å²) < 4.78 is 0. The Labute approximate surface area is 94.3 Å². The van der Waals surface area contributed by atoms with Gasteiger partial charge in [-0.2, -0.15) is 0 Å². The molecule has 1 nitrogen and oxygen atoms in total. The van der Waals surface area contributed by atoms with Crippen molar-refractivity contribution < 1.29 is 0 Å². The number of hydrogen-bond donors (Lipinski definition) is 1. The highest BCUT2D eigenvalue weighted by molar-refractivity contribution is 5.23. The van der Waals surface area contributed by atoms with Crippen molar-refractivity contribution in [2.24, 2.45) is 0 Å². The number of H-pyrrole nitrogens is 1. The van der Waals surface area contributed by atoms with E-state index in [1.165, 1.54) is 43.4 Å². The van der Waals surface area contributed by atoms with Gasteiger partial charge in [0, 0.05) is 11.9 Å². The van der Waals surface area contributed by atoms with Gasteiger partial charge < -0.3 is 4.98 Å². The molecule has 0 saturated heterocycles. The van der Waals surface area contributed by atoms with Crippen LogP contribution in [0.4, 0.5) is 0 Å². The molecule has 86 valence electrons. The number of nitrogens with one attached hydrogen (secondary N) is 1. The molecule has 1 heterocycles. The zero-order chi connectivity index (χ0) is 11.3. The maximum Gasteiger partial charge on any atom is 0.0150 e. The highest BCUT2D eigenvalue weighted by atomic mass is 14.7. The molecule has 0 aromatic carbocycles. The molecule has 0 saturated carbocycles. The fourth-order valence-corrected chi connectivity index (χ4v) is 1.76. The van der Waals surface area contributed by atoms with Crippen molar-refractivity contribution >= 4 is 0 Å². The SMILES string of the molecule is CCCCCCc1cc(C(C)(C)C)c[nH]1. The summed E-state index contributed by atoms with van der Waals surface area (Å²) in [6, 6.07) is 2.33. The highest BCUT2D eigenvalue weighted by Crippen LogP contribution is 2.23. The second kappa shape index (κ2) is 5.39. The van der Waals surface area contributed by atoms with E-state index in [4.69, 9.17) is 0 Å². The summed E-state index contributed by atoms with van der Waals surface area (Å²) in [7, 11) is 0. The lowest BCUT2D eigenvalue weighted by atomic mass is 9.89. The first-order valence-electron chi connectivity index (χ1n) is 6.22. The average molecular weight is 207 g/mol. The number of rotatable bonds is 5. The van der Waals surface area contributed by atoms with Gasteiger partial charge in [0.25, 0.3) is 0 Å². The molecule has 0 amide bonds. The predicted octanol–water partition coefficient (Wildman–Crippen LogP) is 4.44. The van der Waals surface area contributed by atoms with Crippen molar-refractivity contribution in [3.8, 4) is 0 Å². The van der Waals surface area contributed by atoms with Gasteiger partial charge in [0.15, 0.2) is 0 Å². The van der Waals surface area contributed by atoms with Crippen LogP contribution in [-0.4, -0.2) is 4.98 Å². The number of unbranched alkanes of at least 4 members (excludes halogenated alkanes) is 3. The van der Waals surface area contributed by atoms with Crippen molar-refractivity contribution in [1.29, 1.82) is 0 Å². The maximum atomic E-state index is 3.39. The zero-order valence-corrected chi connectivity index (χ0v) is 10.7. The normalized spacial score (nSPS) is 12.0. The van der Waals surface area contributed by atoms with Gasteiger partial charge in [-0.25, -0.2) is 0 Å². The summed E-state index contributed by atoms with van der Waals surface area (Å²) in [4.78, 5) is 3.39. The Morgan fingerprint density at radius 1 is 1.13 bits per heavy atom. The minimum absolute atomic E-state index is 0.276. The van der Waals surface area contributed by atoms with Crippen molar-refractivity contribution in [3.63, 3.8) is 0 Å². The quantitative estimate of drug-likeness (QED) is 0.687. The highest BCUT2D eigenvalue weighted by Gasteiger charge is 2.14. The van der Waals surface area contributed by atoms with Gasteiger partial charge in [-0.1, -0.05) is 47.0 Å². The number of hydrogen-bond acceptors (Lipinski definition) is 0. The van der Waals surface area contributed by atoms with Crippen molar-refractivity contribution in [1.82, 2.24) is 4.98 Å². The maximum absolute atomic E-state index is 3.39. The molecular weight excluding hydrogens is 182 g/mol. The lowest BCUT2D eigenvalue weighted by molar-refractivity contribution is 0.591. The van der Waals surface area contributed by atoms with E-state index >= 15 is 0 Å². The largest absolute Gasteiger partial charge is 0.365 e. The van der Waals surface area contributed by atoms with E-state index in [9.17, 15) is 0 Å². The van der Waals surface area contributed by atoms with Crippen LogP contribution < -0.4 is 0 Å². The summed E-state index contributed by atoms with van der Waals surface area (Å²) >= 11 is 0. The number of aromatic nitrogens is 1. The molecule has 0 aliphatic heterocycles. The zero-order valence-electron chi connectivity index (χ0n) is 10.7. The van der Waals surface area contributed by atoms with Crippen LogP contribution in [0.15, 0.2) is 12.3 Å². The van der Waals surface area contributed by atoms with E-state index in [0.29, 0.717) is 0 Å². The third-order valence-corrected chi connectivity index (χ3v) is 2.91. The molecule has 0 unspecified atom stereocenters. The molecule has 0 radical (unpaired) electrons. The Hall–Kier alpha value is -0.720. The van der Waals surface area contributed by atoms with Crippen LogP contribution in [0.3, 0.4) is 0 Å². The number of aromatic amines is 1. The fourth-order valence-electron chi connectivity index (χ4n) is 1.76. The Bertz CT molecular complexity index is 278. The van der Waals surface area contributed by atoms with Gasteiger partial charge in [0.1, 0.15) is 0 Å². The van der Waals surface area contributed by atoms with Gasteiger partial charge in [0.2, 0.25) is 0 Å². The molecule has 1 aromatic heterocycles. The lowest BCUT2D eigenvalue weighted by Crippen LogP contribution is -2.09. The molecule has 1 heteroatoms. The summed E-state index contributed by atoms with van der Waals surface area (Å²) in [6.07, 6.45) is 8.73. The minimum atomic E-state index is 0.276. The second-order valence-electron chi connectivity index (χ2n) is 5.47. The van der Waals surface area contributed by atoms with E-state index < -0.39 is 0 Å². The van der Waals surface area contributed by atoms with E-state index in [1.54, 1.807) is 0 Å². The first-order valence-corrected chi connectivity index (χ1v) is 6.22. The molecule has 1 aromatic rings. The van der Waals surface area contributed by atoms with Gasteiger partial charge in [-0.05, 0) is 29.9 Å². The summed E-state index contributed by atoms with van der Waals surface area (Å²) in [5, 5.41) is 0. The monoisotopic (exact) mass is 207 g/mol. The van der Waals surface area contributed by atoms with Crippen molar-refractivity contribution in [2.75, 3.05) is 0 Å². The van der Waals surface area contributed by atoms with Crippen LogP contribution in [0.5, 0.6) is 0 Å². The Morgan fingerprint density at radius 2 is 1.87 bits per heavy atom. The predicted molar refractivity (Wildman–Crippen MR) is 67.3 cm³/mol. The Balaban J connectivity index is 2.40. The van der Waals surface area contributed by atoms with Crippen molar-refractivity contribution in [2.45, 2.75) is 65.2 Å². The van der Waals surface area contributed by atoms with Gasteiger partial charge in [-0.3, -0.25) is 0 Å². The summed E-state index contributed by atoms with van der Waals surface area (Å²) in [5.74, 6) is 0. The summed E-state index contributed by atoms with van der Waals surface area (Å²) in [6.45, 7) is 9.04. The third-order valence-electron chi connectivity index (χ3n) is 2.91. The van der Waals surface area contributed by atoms with Gasteiger partial charge in [0.05, 0.1) is 0 Å². The summed E-state index contributed by atoms with van der Waals surface area (Å²) in [5.41, 5.74) is 3.10. The smallest absolute Gasteiger partial charge is 0.0150 e. The lowest BCUT2D eigenvalue weighted by Gasteiger charge is -2.15. The van der Waals surface area contributed by atoms with E-state index in [1.807, 2.05) is 0 Å². The molecule has 0 bridgehead atoms. The fraction of sp³-hybridized carbons (Fsp3) is 0.714. The minimum Gasteiger partial charge on any atom is -0.365 e. The van der Waals surface area contributed by atoms with E-state index in [2.05, 4.69) is 44.9 Å². The van der Waals surface area contributed by atoms with Crippen LogP contribution in [0.2, 0.25) is 0 Å². The van der Waals surface area contributed by atoms with Gasteiger partial charge >= 0.3 is 0 Å². The van der Waals surface area contributed by atoms with Crippen LogP contribution in [-0.2, 0) is 11.8 Å². The van der Waals surface area contributed by atoms with Crippen LogP contribution in [0.25, 0.3) is 0 Å². The van der Waals surface area contributed by atoms with Crippen LogP contribution >= 0.6 is 0 Å². The molecule has 1 rings (SSSR count). The molecule has 15 heavy (non-hydrogen) atoms. The first-order chi connectivity index (χ1) is 7.04. The Morgan fingerprint density at radius 3 is 2.40 bits per heavy atom. The first kappa shape index (κ1) is 12.4. The van der Waals surface area contributed by atoms with Crippen LogP contribution in [0, 0.1) is 0 Å². The topological polar surface area (TPSA) is 15.8 Å². The molecule has 0 spiro atoms. The molecule has 0 aliphatic carbocycles. The van der Waals surface area contributed by atoms with E-state index in [0.717, 1.165) is 0 Å². The molecule has 0 atom stereocenters. The van der Waals surface area contributed by atoms with Gasteiger partial charge in [-0.15, -0.1) is 0 Å². The van der Waals surface area contributed by atoms with Crippen LogP contribution in [0.1, 0.15) is 64.6 Å². The Kier molecular flexibility index (Phi) is 4.44. The standard InChI is InChI=1S/C14H25N/c1-5-6-7-8-9-13-10-12(11-15-13)14(2,3)4/h10-11,15H,5-9H2,1-4H3. The van der Waals surface area contributed by atoms with Crippen molar-refractivity contribution in [3.05, 3.63) is 23.5 Å². The molecule has 1 N–H and O–H groups in total. The third kappa shape index (κ3) is 4.11. The number of aryl methyl sites for hydroxylation is 1. The second-order valence-corrected chi connectivity index (χ2v) is 5.47.